The molecule has 2 rings (SSSR count). The first-order valence-electron chi connectivity index (χ1n) is 6.04. The Hall–Kier alpha value is -1.80. The molecule has 2 aromatic rings. The van der Waals surface area contributed by atoms with E-state index in [9.17, 15) is 9.59 Å². The van der Waals surface area contributed by atoms with Crippen LogP contribution in [0.5, 0.6) is 0 Å². The average molecular weight is 311 g/mol. The number of ether oxygens (including phenoxy) is 1. The van der Waals surface area contributed by atoms with Gasteiger partial charge in [-0.1, -0.05) is 6.92 Å². The molecule has 0 saturated heterocycles. The molecule has 0 saturated carbocycles. The second-order valence-electron chi connectivity index (χ2n) is 3.78. The topological polar surface area (TPSA) is 81.2 Å². The van der Waals surface area contributed by atoms with Crippen molar-refractivity contribution in [3.05, 3.63) is 28.4 Å². The largest absolute Gasteiger partial charge is 0.462 e. The van der Waals surface area contributed by atoms with E-state index in [-0.39, 0.29) is 11.6 Å². The molecule has 6 nitrogen and oxygen atoms in total. The van der Waals surface area contributed by atoms with Gasteiger partial charge in [-0.3, -0.25) is 4.79 Å². The number of carbonyl (C=O) groups excluding carboxylic acids is 2. The highest BCUT2D eigenvalue weighted by Crippen LogP contribution is 2.29. The maximum absolute atomic E-state index is 12.0. The van der Waals surface area contributed by atoms with Crippen molar-refractivity contribution in [1.29, 1.82) is 0 Å². The zero-order valence-corrected chi connectivity index (χ0v) is 12.6. The first-order valence-corrected chi connectivity index (χ1v) is 7.59. The lowest BCUT2D eigenvalue weighted by Crippen LogP contribution is -2.14. The summed E-state index contributed by atoms with van der Waals surface area (Å²) in [4.78, 5) is 24.8. The van der Waals surface area contributed by atoms with Gasteiger partial charge in [0.1, 0.15) is 5.00 Å². The molecule has 0 atom stereocenters. The van der Waals surface area contributed by atoms with Gasteiger partial charge < -0.3 is 10.1 Å². The Morgan fingerprint density at radius 1 is 1.40 bits per heavy atom. The summed E-state index contributed by atoms with van der Waals surface area (Å²) in [7, 11) is 0. The molecule has 2 heterocycles. The third kappa shape index (κ3) is 3.20. The molecule has 20 heavy (non-hydrogen) atoms. The van der Waals surface area contributed by atoms with Crippen LogP contribution < -0.4 is 5.32 Å². The highest BCUT2D eigenvalue weighted by atomic mass is 32.1. The molecule has 0 unspecified atom stereocenters. The number of esters is 1. The summed E-state index contributed by atoms with van der Waals surface area (Å²) in [5.74, 6) is -0.816. The lowest BCUT2D eigenvalue weighted by Gasteiger charge is -2.04. The van der Waals surface area contributed by atoms with E-state index in [0.717, 1.165) is 23.0 Å². The Bertz CT molecular complexity index is 608. The summed E-state index contributed by atoms with van der Waals surface area (Å²) in [6.07, 6.45) is 2.17. The van der Waals surface area contributed by atoms with Crippen LogP contribution in [0.2, 0.25) is 0 Å². The first kappa shape index (κ1) is 14.6. The maximum atomic E-state index is 12.0. The van der Waals surface area contributed by atoms with Gasteiger partial charge in [0.05, 0.1) is 30.1 Å². The average Bonchev–Trinajstić information content (AvgIpc) is 3.08. The molecule has 0 spiro atoms. The SMILES string of the molecule is CCOC(=O)c1cc(CC)sc1NC(=O)c1cnsn1. The van der Waals surface area contributed by atoms with Crippen molar-refractivity contribution in [2.45, 2.75) is 20.3 Å². The fourth-order valence-corrected chi connectivity index (χ4v) is 2.89. The lowest BCUT2D eigenvalue weighted by atomic mass is 10.2. The van der Waals surface area contributed by atoms with Gasteiger partial charge in [-0.15, -0.1) is 11.3 Å². The van der Waals surface area contributed by atoms with E-state index in [1.807, 2.05) is 6.92 Å². The van der Waals surface area contributed by atoms with E-state index >= 15 is 0 Å². The third-order valence-corrected chi connectivity index (χ3v) is 4.12. The van der Waals surface area contributed by atoms with Crippen LogP contribution in [0.4, 0.5) is 5.00 Å². The van der Waals surface area contributed by atoms with Crippen molar-refractivity contribution in [3.63, 3.8) is 0 Å². The smallest absolute Gasteiger partial charge is 0.341 e. The number of nitrogens with one attached hydrogen (secondary N) is 1. The molecular weight excluding hydrogens is 298 g/mol. The van der Waals surface area contributed by atoms with Gasteiger partial charge >= 0.3 is 5.97 Å². The number of amides is 1. The van der Waals surface area contributed by atoms with Gasteiger partial charge in [0.25, 0.3) is 5.91 Å². The summed E-state index contributed by atoms with van der Waals surface area (Å²) in [6.45, 7) is 4.01. The predicted octanol–water partition coefficient (Wildman–Crippen LogP) is 2.59. The number of carbonyl (C=O) groups is 2. The van der Waals surface area contributed by atoms with Crippen LogP contribution in [0.25, 0.3) is 0 Å². The zero-order valence-electron chi connectivity index (χ0n) is 11.0. The Balaban J connectivity index is 2.23. The number of rotatable bonds is 5. The van der Waals surface area contributed by atoms with E-state index < -0.39 is 5.97 Å². The molecule has 1 amide bonds. The second kappa shape index (κ2) is 6.58. The molecule has 0 aliphatic rings. The standard InChI is InChI=1S/C12H13N3O3S2/c1-3-7-5-8(12(17)18-4-2)11(19-7)14-10(16)9-6-13-20-15-9/h5-6H,3-4H2,1-2H3,(H,14,16). The van der Waals surface area contributed by atoms with Crippen LogP contribution in [0, 0.1) is 0 Å². The van der Waals surface area contributed by atoms with Gasteiger partial charge in [-0.2, -0.15) is 8.75 Å². The number of hydrogen-bond donors (Lipinski definition) is 1. The Kier molecular flexibility index (Phi) is 4.80. The van der Waals surface area contributed by atoms with Gasteiger partial charge in [0.2, 0.25) is 0 Å². The molecular formula is C12H13N3O3S2. The van der Waals surface area contributed by atoms with E-state index in [0.29, 0.717) is 17.2 Å². The molecule has 0 bridgehead atoms. The lowest BCUT2D eigenvalue weighted by molar-refractivity contribution is 0.0528. The van der Waals surface area contributed by atoms with E-state index in [1.54, 1.807) is 13.0 Å². The predicted molar refractivity (Wildman–Crippen MR) is 77.5 cm³/mol. The number of hydrogen-bond acceptors (Lipinski definition) is 7. The van der Waals surface area contributed by atoms with Crippen molar-refractivity contribution in [1.82, 2.24) is 8.75 Å². The normalized spacial score (nSPS) is 10.3. The summed E-state index contributed by atoms with van der Waals surface area (Å²) in [5, 5.41) is 3.17. The Morgan fingerprint density at radius 2 is 2.20 bits per heavy atom. The van der Waals surface area contributed by atoms with Crippen LogP contribution in [0.15, 0.2) is 12.3 Å². The van der Waals surface area contributed by atoms with E-state index in [1.165, 1.54) is 17.5 Å². The Morgan fingerprint density at radius 3 is 2.80 bits per heavy atom. The molecule has 0 fully saturated rings. The third-order valence-electron chi connectivity index (χ3n) is 2.45. The molecule has 0 aliphatic heterocycles. The van der Waals surface area contributed by atoms with Crippen LogP contribution in [-0.4, -0.2) is 27.2 Å². The molecule has 0 radical (unpaired) electrons. The van der Waals surface area contributed by atoms with Crippen LogP contribution >= 0.6 is 23.1 Å². The number of aromatic nitrogens is 2. The highest BCUT2D eigenvalue weighted by Gasteiger charge is 2.19. The minimum Gasteiger partial charge on any atom is -0.462 e. The summed E-state index contributed by atoms with van der Waals surface area (Å²) >= 11 is 2.32. The quantitative estimate of drug-likeness (QED) is 0.858. The van der Waals surface area contributed by atoms with Gasteiger partial charge in [0.15, 0.2) is 5.69 Å². The van der Waals surface area contributed by atoms with Crippen molar-refractivity contribution >= 4 is 39.9 Å². The van der Waals surface area contributed by atoms with Crippen LogP contribution in [0.1, 0.15) is 39.6 Å². The molecule has 0 aliphatic carbocycles. The number of aryl methyl sites for hydroxylation is 1. The molecule has 8 heteroatoms. The first-order chi connectivity index (χ1) is 9.65. The number of thiophene rings is 1. The van der Waals surface area contributed by atoms with Crippen molar-refractivity contribution < 1.29 is 14.3 Å². The maximum Gasteiger partial charge on any atom is 0.341 e. The van der Waals surface area contributed by atoms with Crippen LogP contribution in [0.3, 0.4) is 0 Å². The second-order valence-corrected chi connectivity index (χ2v) is 5.47. The van der Waals surface area contributed by atoms with Crippen LogP contribution in [-0.2, 0) is 11.2 Å². The summed E-state index contributed by atoms with van der Waals surface area (Å²) in [6, 6.07) is 1.75. The number of nitrogens with zero attached hydrogens (tertiary/aromatic N) is 2. The highest BCUT2D eigenvalue weighted by molar-refractivity contribution is 7.16. The fraction of sp³-hybridized carbons (Fsp3) is 0.333. The van der Waals surface area contributed by atoms with Crippen molar-refractivity contribution in [2.24, 2.45) is 0 Å². The van der Waals surface area contributed by atoms with E-state index in [2.05, 4.69) is 14.1 Å². The minimum absolute atomic E-state index is 0.233. The molecule has 2 aromatic heterocycles. The summed E-state index contributed by atoms with van der Waals surface area (Å²) in [5.41, 5.74) is 0.612. The minimum atomic E-state index is -0.435. The van der Waals surface area contributed by atoms with Crippen molar-refractivity contribution in [2.75, 3.05) is 11.9 Å². The van der Waals surface area contributed by atoms with Gasteiger partial charge in [0, 0.05) is 4.88 Å². The number of anilines is 1. The van der Waals surface area contributed by atoms with E-state index in [4.69, 9.17) is 4.74 Å². The molecule has 106 valence electrons. The molecule has 1 N–H and O–H groups in total. The van der Waals surface area contributed by atoms with Crippen molar-refractivity contribution in [3.8, 4) is 0 Å². The monoisotopic (exact) mass is 311 g/mol. The Labute approximate surface area is 124 Å². The molecule has 0 aromatic carbocycles. The fourth-order valence-electron chi connectivity index (χ4n) is 1.50. The van der Waals surface area contributed by atoms with Gasteiger partial charge in [-0.05, 0) is 19.4 Å². The summed E-state index contributed by atoms with van der Waals surface area (Å²) < 4.78 is 12.6. The zero-order chi connectivity index (χ0) is 14.5. The van der Waals surface area contributed by atoms with Gasteiger partial charge in [-0.25, -0.2) is 4.79 Å².